The number of morpholine rings is 1. The number of aromatic nitrogens is 4. The first kappa shape index (κ1) is 21.0. The maximum Gasteiger partial charge on any atom is 0.320 e. The van der Waals surface area contributed by atoms with E-state index in [2.05, 4.69) is 51.0 Å². The van der Waals surface area contributed by atoms with Crippen LogP contribution in [0.25, 0.3) is 16.7 Å². The molecule has 0 amide bonds. The number of ether oxygens (including phenoxy) is 3. The van der Waals surface area contributed by atoms with Crippen molar-refractivity contribution in [1.29, 1.82) is 0 Å². The molecule has 0 saturated carbocycles. The fraction of sp³-hybridized carbons (Fsp3) is 0.522. The van der Waals surface area contributed by atoms with E-state index < -0.39 is 0 Å². The Morgan fingerprint density at radius 2 is 1.88 bits per heavy atom. The zero-order chi connectivity index (χ0) is 22.1. The number of aryl methyl sites for hydroxylation is 1. The number of hydrogen-bond acceptors (Lipinski definition) is 8. The molecular weight excluding hydrogens is 408 g/mol. The molecule has 0 bridgehead atoms. The maximum atomic E-state index is 6.43. The number of rotatable bonds is 5. The van der Waals surface area contributed by atoms with Crippen molar-refractivity contribution in [3.8, 4) is 17.6 Å². The van der Waals surface area contributed by atoms with Gasteiger partial charge in [0, 0.05) is 37.2 Å². The summed E-state index contributed by atoms with van der Waals surface area (Å²) in [5.41, 5.74) is 2.06. The van der Waals surface area contributed by atoms with E-state index in [1.54, 1.807) is 7.11 Å². The van der Waals surface area contributed by atoms with Crippen LogP contribution in [0.3, 0.4) is 0 Å². The first-order valence-corrected chi connectivity index (χ1v) is 11.2. The molecular formula is C23H30N6O3. The number of piperidine rings is 1. The smallest absolute Gasteiger partial charge is 0.320 e. The van der Waals surface area contributed by atoms with Gasteiger partial charge in [0.1, 0.15) is 17.7 Å². The molecule has 4 heterocycles. The van der Waals surface area contributed by atoms with Gasteiger partial charge in [-0.05, 0) is 45.0 Å². The zero-order valence-electron chi connectivity index (χ0n) is 19.0. The third kappa shape index (κ3) is 4.22. The normalized spacial score (nSPS) is 20.0. The molecule has 2 aliphatic heterocycles. The lowest BCUT2D eigenvalue weighted by Gasteiger charge is -2.30. The summed E-state index contributed by atoms with van der Waals surface area (Å²) in [5, 5.41) is 5.67. The lowest BCUT2D eigenvalue weighted by molar-refractivity contribution is 0.104. The first-order valence-electron chi connectivity index (χ1n) is 11.2. The first-order chi connectivity index (χ1) is 15.6. The number of nitrogens with zero attached hydrogens (tertiary/aromatic N) is 6. The van der Waals surface area contributed by atoms with Crippen LogP contribution < -0.4 is 14.4 Å². The molecule has 5 rings (SSSR count). The van der Waals surface area contributed by atoms with Crippen LogP contribution in [-0.2, 0) is 4.74 Å². The van der Waals surface area contributed by atoms with Crippen molar-refractivity contribution in [2.45, 2.75) is 25.9 Å². The van der Waals surface area contributed by atoms with E-state index >= 15 is 0 Å². The van der Waals surface area contributed by atoms with Crippen molar-refractivity contribution in [1.82, 2.24) is 24.6 Å². The minimum absolute atomic E-state index is 0.202. The third-order valence-electron chi connectivity index (χ3n) is 6.15. The largest absolute Gasteiger partial charge is 0.489 e. The van der Waals surface area contributed by atoms with Crippen LogP contribution in [0.2, 0.25) is 0 Å². The number of anilines is 1. The van der Waals surface area contributed by atoms with Gasteiger partial charge in [-0.2, -0.15) is 15.1 Å². The second kappa shape index (κ2) is 8.91. The SMILES string of the molecule is COc1nc(N2CCOCC2)cc(-n2ncc3cc(C)c(O[C@@H]4CCCN(C)C4)cc32)n1. The molecule has 2 aromatic heterocycles. The Labute approximate surface area is 187 Å². The lowest BCUT2D eigenvalue weighted by Crippen LogP contribution is -2.38. The molecule has 32 heavy (non-hydrogen) atoms. The van der Waals surface area contributed by atoms with Crippen molar-refractivity contribution in [2.24, 2.45) is 0 Å². The molecule has 0 radical (unpaired) electrons. The minimum atomic E-state index is 0.202. The molecule has 0 N–H and O–H groups in total. The third-order valence-corrected chi connectivity index (χ3v) is 6.15. The van der Waals surface area contributed by atoms with E-state index in [0.717, 1.165) is 67.1 Å². The van der Waals surface area contributed by atoms with Gasteiger partial charge in [-0.1, -0.05) is 0 Å². The number of likely N-dealkylation sites (N-methyl/N-ethyl adjacent to an activating group) is 1. The van der Waals surface area contributed by atoms with E-state index in [1.165, 1.54) is 0 Å². The fourth-order valence-electron chi connectivity index (χ4n) is 4.43. The Bertz CT molecular complexity index is 1090. The van der Waals surface area contributed by atoms with E-state index in [-0.39, 0.29) is 6.10 Å². The molecule has 0 unspecified atom stereocenters. The van der Waals surface area contributed by atoms with E-state index in [9.17, 15) is 0 Å². The van der Waals surface area contributed by atoms with Crippen LogP contribution in [0.15, 0.2) is 24.4 Å². The highest BCUT2D eigenvalue weighted by molar-refractivity contribution is 5.83. The standard InChI is InChI=1S/C23H30N6O3/c1-16-11-17-14-24-29(19(17)12-20(16)32-18-5-4-6-27(2)15-18)22-13-21(25-23(26-22)30-3)28-7-9-31-10-8-28/h11-14,18H,4-10,15H2,1-3H3/t18-/m1/s1. The Morgan fingerprint density at radius 1 is 1.06 bits per heavy atom. The Morgan fingerprint density at radius 3 is 2.66 bits per heavy atom. The highest BCUT2D eigenvalue weighted by Crippen LogP contribution is 2.30. The molecule has 1 atom stereocenters. The number of benzene rings is 1. The predicted molar refractivity (Wildman–Crippen MR) is 122 cm³/mol. The number of fused-ring (bicyclic) bond motifs is 1. The quantitative estimate of drug-likeness (QED) is 0.601. The minimum Gasteiger partial charge on any atom is -0.489 e. The summed E-state index contributed by atoms with van der Waals surface area (Å²) in [7, 11) is 3.73. The average molecular weight is 439 g/mol. The molecule has 9 heteroatoms. The summed E-state index contributed by atoms with van der Waals surface area (Å²) < 4.78 is 19.1. The summed E-state index contributed by atoms with van der Waals surface area (Å²) in [6.07, 6.45) is 4.30. The van der Waals surface area contributed by atoms with Crippen LogP contribution >= 0.6 is 0 Å². The van der Waals surface area contributed by atoms with Gasteiger partial charge in [0.05, 0.1) is 32.0 Å². The van der Waals surface area contributed by atoms with Crippen molar-refractivity contribution < 1.29 is 14.2 Å². The van der Waals surface area contributed by atoms with Gasteiger partial charge in [-0.25, -0.2) is 4.68 Å². The zero-order valence-corrected chi connectivity index (χ0v) is 19.0. The lowest BCUT2D eigenvalue weighted by atomic mass is 10.1. The topological polar surface area (TPSA) is 77.8 Å². The molecule has 1 aromatic carbocycles. The summed E-state index contributed by atoms with van der Waals surface area (Å²) in [6.45, 7) is 7.10. The van der Waals surface area contributed by atoms with E-state index in [4.69, 9.17) is 14.2 Å². The van der Waals surface area contributed by atoms with Crippen LogP contribution in [0.1, 0.15) is 18.4 Å². The van der Waals surface area contributed by atoms with Gasteiger partial charge in [0.15, 0.2) is 5.82 Å². The van der Waals surface area contributed by atoms with Crippen LogP contribution in [0, 0.1) is 6.92 Å². The van der Waals surface area contributed by atoms with Crippen LogP contribution in [0.5, 0.6) is 11.8 Å². The number of methoxy groups -OCH3 is 1. The molecule has 2 saturated heterocycles. The Balaban J connectivity index is 1.51. The molecule has 2 fully saturated rings. The van der Waals surface area contributed by atoms with E-state index in [0.29, 0.717) is 25.0 Å². The van der Waals surface area contributed by atoms with Crippen molar-refractivity contribution in [3.63, 3.8) is 0 Å². The number of hydrogen-bond donors (Lipinski definition) is 0. The second-order valence-electron chi connectivity index (χ2n) is 8.55. The molecule has 0 spiro atoms. The Hall–Kier alpha value is -2.91. The molecule has 170 valence electrons. The van der Waals surface area contributed by atoms with Gasteiger partial charge < -0.3 is 24.0 Å². The molecule has 2 aliphatic rings. The average Bonchev–Trinajstić information content (AvgIpc) is 3.22. The fourth-order valence-corrected chi connectivity index (χ4v) is 4.43. The molecule has 9 nitrogen and oxygen atoms in total. The van der Waals surface area contributed by atoms with Gasteiger partial charge in [0.2, 0.25) is 0 Å². The van der Waals surface area contributed by atoms with Gasteiger partial charge in [-0.15, -0.1) is 0 Å². The van der Waals surface area contributed by atoms with Gasteiger partial charge >= 0.3 is 6.01 Å². The summed E-state index contributed by atoms with van der Waals surface area (Å²) >= 11 is 0. The van der Waals surface area contributed by atoms with Crippen LogP contribution in [-0.4, -0.2) is 84.3 Å². The van der Waals surface area contributed by atoms with Crippen molar-refractivity contribution in [3.05, 3.63) is 30.0 Å². The highest BCUT2D eigenvalue weighted by atomic mass is 16.5. The van der Waals surface area contributed by atoms with Crippen LogP contribution in [0.4, 0.5) is 5.82 Å². The molecule has 0 aliphatic carbocycles. The Kier molecular flexibility index (Phi) is 5.84. The summed E-state index contributed by atoms with van der Waals surface area (Å²) in [5.74, 6) is 2.38. The van der Waals surface area contributed by atoms with Crippen molar-refractivity contribution in [2.75, 3.05) is 58.5 Å². The number of likely N-dealkylation sites (tertiary alicyclic amines) is 1. The van der Waals surface area contributed by atoms with Gasteiger partial charge in [-0.3, -0.25) is 0 Å². The predicted octanol–water partition coefficient (Wildman–Crippen LogP) is 2.44. The second-order valence-corrected chi connectivity index (χ2v) is 8.55. The van der Waals surface area contributed by atoms with Gasteiger partial charge in [0.25, 0.3) is 0 Å². The maximum absolute atomic E-state index is 6.43. The van der Waals surface area contributed by atoms with Crippen molar-refractivity contribution >= 4 is 16.7 Å². The highest BCUT2D eigenvalue weighted by Gasteiger charge is 2.21. The summed E-state index contributed by atoms with van der Waals surface area (Å²) in [4.78, 5) is 13.6. The summed E-state index contributed by atoms with van der Waals surface area (Å²) in [6, 6.07) is 6.48. The molecule has 3 aromatic rings. The van der Waals surface area contributed by atoms with E-state index in [1.807, 2.05) is 16.9 Å². The monoisotopic (exact) mass is 438 g/mol.